The first-order valence-electron chi connectivity index (χ1n) is 5.68. The Kier molecular flexibility index (Phi) is 2.40. The first-order chi connectivity index (χ1) is 8.22. The van der Waals surface area contributed by atoms with Crippen molar-refractivity contribution in [1.82, 2.24) is 0 Å². The second-order valence-electron chi connectivity index (χ2n) is 4.54. The molecule has 1 aliphatic heterocycles. The molecule has 3 nitrogen and oxygen atoms in total. The Morgan fingerprint density at radius 1 is 1.47 bits per heavy atom. The molecule has 0 amide bonds. The SMILES string of the molecule is O=C1OC(=O)C2(Cc3cccs3)C=CCCC12. The van der Waals surface area contributed by atoms with Gasteiger partial charge in [-0.3, -0.25) is 9.59 Å². The van der Waals surface area contributed by atoms with Crippen LogP contribution < -0.4 is 0 Å². The highest BCUT2D eigenvalue weighted by atomic mass is 32.1. The highest BCUT2D eigenvalue weighted by Gasteiger charge is 2.56. The van der Waals surface area contributed by atoms with Crippen LogP contribution in [0.25, 0.3) is 0 Å². The number of cyclic esters (lactones) is 2. The van der Waals surface area contributed by atoms with Gasteiger partial charge in [-0.2, -0.15) is 0 Å². The maximum atomic E-state index is 12.0. The number of ether oxygens (including phenoxy) is 1. The number of thiophene rings is 1. The minimum absolute atomic E-state index is 0.290. The van der Waals surface area contributed by atoms with Crippen LogP contribution in [-0.2, 0) is 20.7 Å². The molecule has 2 aliphatic rings. The van der Waals surface area contributed by atoms with Gasteiger partial charge < -0.3 is 4.74 Å². The summed E-state index contributed by atoms with van der Waals surface area (Å²) >= 11 is 1.61. The van der Waals surface area contributed by atoms with E-state index in [0.29, 0.717) is 12.8 Å². The number of carbonyl (C=O) groups excluding carboxylic acids is 2. The molecule has 1 fully saturated rings. The van der Waals surface area contributed by atoms with Crippen molar-refractivity contribution in [3.8, 4) is 0 Å². The summed E-state index contributed by atoms with van der Waals surface area (Å²) in [6.45, 7) is 0. The molecule has 1 aliphatic carbocycles. The van der Waals surface area contributed by atoms with Crippen molar-refractivity contribution in [3.05, 3.63) is 34.5 Å². The fourth-order valence-electron chi connectivity index (χ4n) is 2.68. The fraction of sp³-hybridized carbons (Fsp3) is 0.385. The summed E-state index contributed by atoms with van der Waals surface area (Å²) in [7, 11) is 0. The second-order valence-corrected chi connectivity index (χ2v) is 5.57. The van der Waals surface area contributed by atoms with Crippen LogP contribution in [-0.4, -0.2) is 11.9 Å². The molecule has 0 spiro atoms. The van der Waals surface area contributed by atoms with E-state index in [2.05, 4.69) is 0 Å². The highest BCUT2D eigenvalue weighted by Crippen LogP contribution is 2.46. The Hall–Kier alpha value is -1.42. The molecular formula is C13H12O3S. The van der Waals surface area contributed by atoms with E-state index < -0.39 is 5.41 Å². The topological polar surface area (TPSA) is 43.4 Å². The monoisotopic (exact) mass is 248 g/mol. The normalized spacial score (nSPS) is 31.4. The van der Waals surface area contributed by atoms with Crippen LogP contribution in [0.2, 0.25) is 0 Å². The summed E-state index contributed by atoms with van der Waals surface area (Å²) in [4.78, 5) is 24.8. The summed E-state index contributed by atoms with van der Waals surface area (Å²) in [5.41, 5.74) is -0.736. The van der Waals surface area contributed by atoms with Crippen LogP contribution in [0.1, 0.15) is 17.7 Å². The maximum Gasteiger partial charge on any atom is 0.324 e. The molecule has 2 heterocycles. The lowest BCUT2D eigenvalue weighted by molar-refractivity contribution is -0.154. The van der Waals surface area contributed by atoms with Gasteiger partial charge in [0.25, 0.3) is 0 Å². The summed E-state index contributed by atoms with van der Waals surface area (Å²) in [6.07, 6.45) is 6.01. The number of fused-ring (bicyclic) bond motifs is 1. The Bertz CT molecular complexity index is 489. The van der Waals surface area contributed by atoms with Gasteiger partial charge in [0, 0.05) is 11.3 Å². The van der Waals surface area contributed by atoms with Crippen molar-refractivity contribution in [2.45, 2.75) is 19.3 Å². The van der Waals surface area contributed by atoms with E-state index in [-0.39, 0.29) is 17.9 Å². The van der Waals surface area contributed by atoms with Gasteiger partial charge in [0.2, 0.25) is 0 Å². The lowest BCUT2D eigenvalue weighted by atomic mass is 9.69. The minimum atomic E-state index is -0.736. The van der Waals surface area contributed by atoms with Crippen molar-refractivity contribution >= 4 is 23.3 Å². The molecule has 0 aromatic carbocycles. The van der Waals surface area contributed by atoms with Crippen LogP contribution in [0.5, 0.6) is 0 Å². The smallest absolute Gasteiger partial charge is 0.324 e. The third-order valence-electron chi connectivity index (χ3n) is 3.56. The molecule has 3 rings (SSSR count). The Morgan fingerprint density at radius 3 is 3.12 bits per heavy atom. The van der Waals surface area contributed by atoms with E-state index in [9.17, 15) is 9.59 Å². The van der Waals surface area contributed by atoms with Gasteiger partial charge in [-0.1, -0.05) is 18.2 Å². The average Bonchev–Trinajstić information content (AvgIpc) is 2.89. The Labute approximate surface area is 103 Å². The molecule has 2 unspecified atom stereocenters. The third-order valence-corrected chi connectivity index (χ3v) is 4.44. The quantitative estimate of drug-likeness (QED) is 0.458. The van der Waals surface area contributed by atoms with Gasteiger partial charge in [-0.25, -0.2) is 0 Å². The lowest BCUT2D eigenvalue weighted by Crippen LogP contribution is -2.35. The Balaban J connectivity index is 2.01. The molecule has 2 atom stereocenters. The highest BCUT2D eigenvalue weighted by molar-refractivity contribution is 7.09. The van der Waals surface area contributed by atoms with Gasteiger partial charge in [0.15, 0.2) is 0 Å². The summed E-state index contributed by atoms with van der Waals surface area (Å²) in [6, 6.07) is 3.95. The molecule has 0 N–H and O–H groups in total. The van der Waals surface area contributed by atoms with Crippen molar-refractivity contribution in [2.75, 3.05) is 0 Å². The fourth-order valence-corrected chi connectivity index (χ4v) is 3.49. The van der Waals surface area contributed by atoms with Gasteiger partial charge in [0.05, 0.1) is 5.92 Å². The number of allylic oxidation sites excluding steroid dienone is 1. The van der Waals surface area contributed by atoms with Crippen LogP contribution in [0, 0.1) is 11.3 Å². The molecule has 0 radical (unpaired) electrons. The Morgan fingerprint density at radius 2 is 2.35 bits per heavy atom. The van der Waals surface area contributed by atoms with Gasteiger partial charge in [-0.15, -0.1) is 11.3 Å². The number of carbonyl (C=O) groups is 2. The van der Waals surface area contributed by atoms with Gasteiger partial charge in [0.1, 0.15) is 5.41 Å². The first-order valence-corrected chi connectivity index (χ1v) is 6.56. The molecule has 17 heavy (non-hydrogen) atoms. The predicted molar refractivity (Wildman–Crippen MR) is 63.4 cm³/mol. The van der Waals surface area contributed by atoms with Crippen LogP contribution in [0.15, 0.2) is 29.7 Å². The van der Waals surface area contributed by atoms with Crippen LogP contribution in [0.4, 0.5) is 0 Å². The molecule has 1 aromatic rings. The van der Waals surface area contributed by atoms with E-state index in [4.69, 9.17) is 4.74 Å². The summed E-state index contributed by atoms with van der Waals surface area (Å²) in [5.74, 6) is -1.02. The largest absolute Gasteiger partial charge is 0.392 e. The molecule has 0 bridgehead atoms. The number of hydrogen-bond donors (Lipinski definition) is 0. The number of rotatable bonds is 2. The minimum Gasteiger partial charge on any atom is -0.392 e. The molecule has 1 saturated heterocycles. The van der Waals surface area contributed by atoms with E-state index in [1.165, 1.54) is 0 Å². The number of esters is 2. The van der Waals surface area contributed by atoms with Crippen molar-refractivity contribution in [3.63, 3.8) is 0 Å². The van der Waals surface area contributed by atoms with Gasteiger partial charge in [-0.05, 0) is 24.3 Å². The lowest BCUT2D eigenvalue weighted by Gasteiger charge is -2.28. The van der Waals surface area contributed by atoms with Crippen LogP contribution >= 0.6 is 11.3 Å². The number of hydrogen-bond acceptors (Lipinski definition) is 4. The zero-order valence-electron chi connectivity index (χ0n) is 9.22. The molecule has 1 aromatic heterocycles. The zero-order valence-corrected chi connectivity index (χ0v) is 10.0. The van der Waals surface area contributed by atoms with E-state index >= 15 is 0 Å². The summed E-state index contributed by atoms with van der Waals surface area (Å²) in [5, 5.41) is 1.98. The average molecular weight is 248 g/mol. The third kappa shape index (κ3) is 1.55. The summed E-state index contributed by atoms with van der Waals surface area (Å²) < 4.78 is 4.84. The van der Waals surface area contributed by atoms with Crippen LogP contribution in [0.3, 0.4) is 0 Å². The van der Waals surface area contributed by atoms with Gasteiger partial charge >= 0.3 is 11.9 Å². The first kappa shape index (κ1) is 10.7. The molecule has 0 saturated carbocycles. The molecule has 88 valence electrons. The van der Waals surface area contributed by atoms with Crippen molar-refractivity contribution < 1.29 is 14.3 Å². The molecule has 4 heteroatoms. The van der Waals surface area contributed by atoms with Crippen molar-refractivity contribution in [1.29, 1.82) is 0 Å². The second kappa shape index (κ2) is 3.81. The zero-order chi connectivity index (χ0) is 11.9. The van der Waals surface area contributed by atoms with E-state index in [0.717, 1.165) is 11.3 Å². The van der Waals surface area contributed by atoms with Crippen molar-refractivity contribution in [2.24, 2.45) is 11.3 Å². The van der Waals surface area contributed by atoms with E-state index in [1.54, 1.807) is 11.3 Å². The molecular weight excluding hydrogens is 236 g/mol. The maximum absolute atomic E-state index is 12.0. The predicted octanol–water partition coefficient (Wildman–Crippen LogP) is 2.33. The standard InChI is InChI=1S/C13H12O3S/c14-11-10-5-1-2-6-13(10,12(15)16-11)8-9-4-3-7-17-9/h2-4,6-7,10H,1,5,8H2. The van der Waals surface area contributed by atoms with E-state index in [1.807, 2.05) is 29.7 Å².